The molecule has 0 saturated heterocycles. The van der Waals surface area contributed by atoms with Crippen molar-refractivity contribution < 1.29 is 0 Å². The summed E-state index contributed by atoms with van der Waals surface area (Å²) >= 11 is 6.38. The van der Waals surface area contributed by atoms with Crippen molar-refractivity contribution in [3.63, 3.8) is 0 Å². The molecule has 1 saturated carbocycles. The van der Waals surface area contributed by atoms with Crippen LogP contribution in [0.15, 0.2) is 18.2 Å². The lowest BCUT2D eigenvalue weighted by atomic mass is 9.82. The van der Waals surface area contributed by atoms with E-state index >= 15 is 0 Å². The number of hydrogen-bond donors (Lipinski definition) is 0. The van der Waals surface area contributed by atoms with Crippen molar-refractivity contribution in [2.75, 3.05) is 0 Å². The normalized spacial score (nSPS) is 24.4. The van der Waals surface area contributed by atoms with E-state index in [9.17, 15) is 0 Å². The fourth-order valence-corrected chi connectivity index (χ4v) is 3.90. The van der Waals surface area contributed by atoms with Crippen LogP contribution in [0.25, 0.3) is 11.0 Å². The highest BCUT2D eigenvalue weighted by atomic mass is 35.5. The van der Waals surface area contributed by atoms with E-state index in [2.05, 4.69) is 36.6 Å². The predicted octanol–water partition coefficient (Wildman–Crippen LogP) is 5.47. The molecule has 2 nitrogen and oxygen atoms in total. The molecule has 1 heterocycles. The summed E-state index contributed by atoms with van der Waals surface area (Å²) in [5.41, 5.74) is 3.61. The Bertz CT molecular complexity index is 629. The summed E-state index contributed by atoms with van der Waals surface area (Å²) in [6, 6.07) is 6.50. The molecule has 1 aromatic heterocycles. The highest BCUT2D eigenvalue weighted by Crippen LogP contribution is 2.32. The van der Waals surface area contributed by atoms with Crippen molar-refractivity contribution in [1.29, 1.82) is 0 Å². The number of benzene rings is 1. The number of hydrogen-bond acceptors (Lipinski definition) is 1. The highest BCUT2D eigenvalue weighted by molar-refractivity contribution is 6.20. The average molecular weight is 305 g/mol. The first kappa shape index (κ1) is 14.9. The summed E-state index contributed by atoms with van der Waals surface area (Å²) in [7, 11) is 0. The van der Waals surface area contributed by atoms with Crippen LogP contribution in [-0.2, 0) is 6.54 Å². The first-order valence-electron chi connectivity index (χ1n) is 8.15. The van der Waals surface area contributed by atoms with Gasteiger partial charge in [0.05, 0.1) is 16.4 Å². The Morgan fingerprint density at radius 1 is 1.38 bits per heavy atom. The van der Waals surface area contributed by atoms with Gasteiger partial charge in [-0.2, -0.15) is 0 Å². The monoisotopic (exact) mass is 304 g/mol. The number of fused-ring (bicyclic) bond motifs is 1. The number of imidazole rings is 1. The molecule has 1 aliphatic carbocycles. The van der Waals surface area contributed by atoms with Gasteiger partial charge < -0.3 is 4.57 Å². The molecule has 0 N–H and O–H groups in total. The van der Waals surface area contributed by atoms with E-state index in [1.807, 2.05) is 6.92 Å². The van der Waals surface area contributed by atoms with Crippen LogP contribution in [0.4, 0.5) is 0 Å². The molecule has 0 amide bonds. The van der Waals surface area contributed by atoms with Crippen LogP contribution in [0.2, 0.25) is 0 Å². The van der Waals surface area contributed by atoms with E-state index < -0.39 is 0 Å². The molecule has 3 atom stereocenters. The number of alkyl halides is 1. The summed E-state index contributed by atoms with van der Waals surface area (Å²) < 4.78 is 2.38. The Morgan fingerprint density at radius 3 is 2.90 bits per heavy atom. The summed E-state index contributed by atoms with van der Waals surface area (Å²) in [6.45, 7) is 7.61. The van der Waals surface area contributed by atoms with Crippen molar-refractivity contribution in [3.05, 3.63) is 29.6 Å². The first-order chi connectivity index (χ1) is 10.0. The molecule has 114 valence electrons. The zero-order chi connectivity index (χ0) is 15.0. The van der Waals surface area contributed by atoms with E-state index in [-0.39, 0.29) is 5.38 Å². The molecule has 1 aromatic carbocycles. The fraction of sp³-hybridized carbons (Fsp3) is 0.611. The second-order valence-corrected chi connectivity index (χ2v) is 7.48. The van der Waals surface area contributed by atoms with E-state index in [1.165, 1.54) is 36.8 Å². The molecule has 0 radical (unpaired) electrons. The lowest BCUT2D eigenvalue weighted by Crippen LogP contribution is -2.20. The summed E-state index contributed by atoms with van der Waals surface area (Å²) in [6.07, 6.45) is 5.43. The Kier molecular flexibility index (Phi) is 4.26. The van der Waals surface area contributed by atoms with Crippen LogP contribution in [0.3, 0.4) is 0 Å². The summed E-state index contributed by atoms with van der Waals surface area (Å²) in [5, 5.41) is -0.0429. The van der Waals surface area contributed by atoms with Gasteiger partial charge in [0.1, 0.15) is 5.82 Å². The van der Waals surface area contributed by atoms with Gasteiger partial charge in [-0.05, 0) is 56.2 Å². The topological polar surface area (TPSA) is 17.8 Å². The van der Waals surface area contributed by atoms with E-state index in [0.29, 0.717) is 0 Å². The quantitative estimate of drug-likeness (QED) is 0.687. The molecule has 21 heavy (non-hydrogen) atoms. The van der Waals surface area contributed by atoms with Crippen LogP contribution < -0.4 is 0 Å². The molecule has 3 heteroatoms. The molecule has 2 aromatic rings. The van der Waals surface area contributed by atoms with Crippen molar-refractivity contribution in [2.24, 2.45) is 11.8 Å². The van der Waals surface area contributed by atoms with Gasteiger partial charge in [0.2, 0.25) is 0 Å². The minimum Gasteiger partial charge on any atom is -0.326 e. The van der Waals surface area contributed by atoms with Gasteiger partial charge >= 0.3 is 0 Å². The number of nitrogens with zero attached hydrogens (tertiary/aromatic N) is 2. The Balaban J connectivity index is 1.98. The third kappa shape index (κ3) is 3.11. The van der Waals surface area contributed by atoms with Crippen LogP contribution in [0.5, 0.6) is 0 Å². The van der Waals surface area contributed by atoms with Crippen molar-refractivity contribution in [1.82, 2.24) is 9.55 Å². The minimum atomic E-state index is -0.0429. The molecular formula is C18H25ClN2. The maximum absolute atomic E-state index is 6.38. The molecule has 0 aliphatic heterocycles. The molecule has 1 aliphatic rings. The molecule has 0 spiro atoms. The molecule has 3 unspecified atom stereocenters. The number of aryl methyl sites for hydroxylation is 1. The van der Waals surface area contributed by atoms with Crippen LogP contribution in [-0.4, -0.2) is 9.55 Å². The molecule has 0 bridgehead atoms. The number of rotatable bonds is 3. The average Bonchev–Trinajstić information content (AvgIpc) is 2.77. The summed E-state index contributed by atoms with van der Waals surface area (Å²) in [4.78, 5) is 4.77. The molecule has 1 fully saturated rings. The van der Waals surface area contributed by atoms with Gasteiger partial charge in [-0.1, -0.05) is 25.8 Å². The van der Waals surface area contributed by atoms with Crippen LogP contribution in [0, 0.1) is 18.8 Å². The maximum atomic E-state index is 6.38. The number of halogens is 1. The minimum absolute atomic E-state index is 0.0429. The molecule has 3 rings (SSSR count). The third-order valence-corrected chi connectivity index (χ3v) is 4.97. The standard InChI is InChI=1S/C18H25ClN2/c1-12-5-4-6-15(9-12)11-21-17-10-13(2)7-8-16(17)20-18(21)14(3)19/h7-8,10,12,14-15H,4-6,9,11H2,1-3H3. The third-order valence-electron chi connectivity index (χ3n) is 4.77. The van der Waals surface area contributed by atoms with Gasteiger partial charge in [0.15, 0.2) is 0 Å². The van der Waals surface area contributed by atoms with Gasteiger partial charge in [-0.15, -0.1) is 11.6 Å². The second kappa shape index (κ2) is 6.00. The zero-order valence-electron chi connectivity index (χ0n) is 13.3. The van der Waals surface area contributed by atoms with Gasteiger partial charge in [0, 0.05) is 6.54 Å². The highest BCUT2D eigenvalue weighted by Gasteiger charge is 2.22. The Labute approximate surface area is 132 Å². The predicted molar refractivity (Wildman–Crippen MR) is 89.9 cm³/mol. The lowest BCUT2D eigenvalue weighted by Gasteiger charge is -2.28. The maximum Gasteiger partial charge on any atom is 0.127 e. The Morgan fingerprint density at radius 2 is 2.19 bits per heavy atom. The lowest BCUT2D eigenvalue weighted by molar-refractivity contribution is 0.257. The summed E-state index contributed by atoms with van der Waals surface area (Å²) in [5.74, 6) is 2.65. The van der Waals surface area contributed by atoms with Gasteiger partial charge in [-0.3, -0.25) is 0 Å². The first-order valence-corrected chi connectivity index (χ1v) is 8.59. The smallest absolute Gasteiger partial charge is 0.127 e. The van der Waals surface area contributed by atoms with Crippen LogP contribution >= 0.6 is 11.6 Å². The zero-order valence-corrected chi connectivity index (χ0v) is 14.0. The number of aromatic nitrogens is 2. The van der Waals surface area contributed by atoms with Crippen LogP contribution in [0.1, 0.15) is 56.3 Å². The van der Waals surface area contributed by atoms with E-state index in [0.717, 1.165) is 29.7 Å². The van der Waals surface area contributed by atoms with E-state index in [1.54, 1.807) is 0 Å². The van der Waals surface area contributed by atoms with Gasteiger partial charge in [-0.25, -0.2) is 4.98 Å². The van der Waals surface area contributed by atoms with Gasteiger partial charge in [0.25, 0.3) is 0 Å². The van der Waals surface area contributed by atoms with Crippen molar-refractivity contribution >= 4 is 22.6 Å². The second-order valence-electron chi connectivity index (χ2n) is 6.83. The van der Waals surface area contributed by atoms with Crippen molar-refractivity contribution in [2.45, 2.75) is 58.4 Å². The largest absolute Gasteiger partial charge is 0.326 e. The Hall–Kier alpha value is -1.02. The van der Waals surface area contributed by atoms with Crippen molar-refractivity contribution in [3.8, 4) is 0 Å². The SMILES string of the molecule is Cc1ccc2nc(C(C)Cl)n(CC3CCCC(C)C3)c2c1. The molecular weight excluding hydrogens is 280 g/mol. The van der Waals surface area contributed by atoms with E-state index in [4.69, 9.17) is 16.6 Å². The fourth-order valence-electron chi connectivity index (χ4n) is 3.73.